The van der Waals surface area contributed by atoms with E-state index in [-0.39, 0.29) is 12.8 Å². The molecule has 0 aromatic heterocycles. The number of aryl methyl sites for hydroxylation is 4. The lowest BCUT2D eigenvalue weighted by molar-refractivity contribution is -0.0917. The Labute approximate surface area is 287 Å². The number of aliphatic hydroxyl groups excluding tert-OH is 4. The van der Waals surface area contributed by atoms with Gasteiger partial charge in [0.2, 0.25) is 0 Å². The highest BCUT2D eigenvalue weighted by Crippen LogP contribution is 2.26. The first-order chi connectivity index (χ1) is 22.7. The molecule has 0 aliphatic carbocycles. The van der Waals surface area contributed by atoms with E-state index in [0.29, 0.717) is 12.8 Å². The number of rotatable bonds is 28. The first-order valence-corrected chi connectivity index (χ1v) is 19.0. The third kappa shape index (κ3) is 15.5. The molecule has 6 heteroatoms. The van der Waals surface area contributed by atoms with Crippen LogP contribution < -0.4 is 11.5 Å². The highest BCUT2D eigenvalue weighted by atomic mass is 16.3. The second-order valence-corrected chi connectivity index (χ2v) is 14.4. The van der Waals surface area contributed by atoms with Crippen molar-refractivity contribution in [3.8, 4) is 0 Å². The molecule has 0 heterocycles. The van der Waals surface area contributed by atoms with Crippen LogP contribution in [-0.4, -0.2) is 56.9 Å². The zero-order valence-electron chi connectivity index (χ0n) is 30.0. The zero-order chi connectivity index (χ0) is 34.4. The van der Waals surface area contributed by atoms with Gasteiger partial charge in [-0.15, -0.1) is 0 Å². The van der Waals surface area contributed by atoms with Gasteiger partial charge in [-0.3, -0.25) is 0 Å². The van der Waals surface area contributed by atoms with Crippen molar-refractivity contribution in [3.63, 3.8) is 0 Å². The van der Waals surface area contributed by atoms with E-state index in [1.807, 2.05) is 0 Å². The topological polar surface area (TPSA) is 133 Å². The molecule has 0 saturated heterocycles. The van der Waals surface area contributed by atoms with E-state index in [1.165, 1.54) is 107 Å². The van der Waals surface area contributed by atoms with Crippen LogP contribution in [0.25, 0.3) is 0 Å². The maximum Gasteiger partial charge on any atom is 0.102 e. The van der Waals surface area contributed by atoms with Gasteiger partial charge >= 0.3 is 0 Å². The van der Waals surface area contributed by atoms with Crippen LogP contribution in [0.5, 0.6) is 0 Å². The normalized spacial score (nSPS) is 15.7. The fraction of sp³-hybridized carbons (Fsp3) is 0.707. The minimum absolute atomic E-state index is 0.265. The summed E-state index contributed by atoms with van der Waals surface area (Å²) in [4.78, 5) is 0. The van der Waals surface area contributed by atoms with E-state index in [0.717, 1.165) is 24.0 Å². The summed E-state index contributed by atoms with van der Waals surface area (Å²) in [7, 11) is 0. The minimum Gasteiger partial charge on any atom is -0.394 e. The van der Waals surface area contributed by atoms with Gasteiger partial charge in [0, 0.05) is 0 Å². The van der Waals surface area contributed by atoms with Crippen LogP contribution in [-0.2, 0) is 25.7 Å². The highest BCUT2D eigenvalue weighted by Gasteiger charge is 2.46. The van der Waals surface area contributed by atoms with E-state index in [2.05, 4.69) is 62.4 Å². The summed E-state index contributed by atoms with van der Waals surface area (Å²) in [5.41, 5.74) is 14.8. The average molecular weight is 655 g/mol. The molecule has 0 aliphatic rings. The van der Waals surface area contributed by atoms with Crippen LogP contribution in [0.2, 0.25) is 0 Å². The van der Waals surface area contributed by atoms with Crippen LogP contribution >= 0.6 is 0 Å². The molecule has 6 nitrogen and oxygen atoms in total. The summed E-state index contributed by atoms with van der Waals surface area (Å²) in [5, 5.41) is 42.8. The second kappa shape index (κ2) is 23.5. The molecule has 0 saturated carbocycles. The predicted octanol–water partition coefficient (Wildman–Crippen LogP) is 7.33. The van der Waals surface area contributed by atoms with Gasteiger partial charge in [0.15, 0.2) is 0 Å². The van der Waals surface area contributed by atoms with Gasteiger partial charge in [0.05, 0.1) is 24.3 Å². The van der Waals surface area contributed by atoms with E-state index >= 15 is 0 Å². The number of benzene rings is 2. The summed E-state index contributed by atoms with van der Waals surface area (Å²) >= 11 is 0. The Morgan fingerprint density at radius 1 is 0.447 bits per heavy atom. The van der Waals surface area contributed by atoms with Crippen LogP contribution in [0, 0.1) is 0 Å². The fourth-order valence-electron chi connectivity index (χ4n) is 6.52. The Morgan fingerprint density at radius 3 is 0.979 bits per heavy atom. The van der Waals surface area contributed by atoms with Crippen molar-refractivity contribution in [2.75, 3.05) is 13.2 Å². The van der Waals surface area contributed by atoms with E-state index in [1.54, 1.807) is 0 Å². The summed E-state index contributed by atoms with van der Waals surface area (Å²) in [5.74, 6) is 0. The van der Waals surface area contributed by atoms with Crippen molar-refractivity contribution in [3.05, 3.63) is 70.8 Å². The van der Waals surface area contributed by atoms with Crippen LogP contribution in [0.1, 0.15) is 145 Å². The molecule has 2 rings (SSSR count). The fourth-order valence-corrected chi connectivity index (χ4v) is 6.52. The van der Waals surface area contributed by atoms with Gasteiger partial charge in [-0.25, -0.2) is 0 Å². The molecular formula is C41H70N2O4. The van der Waals surface area contributed by atoms with Crippen molar-refractivity contribution in [2.24, 2.45) is 11.5 Å². The van der Waals surface area contributed by atoms with Crippen molar-refractivity contribution >= 4 is 0 Å². The van der Waals surface area contributed by atoms with Crippen molar-refractivity contribution in [1.29, 1.82) is 0 Å². The van der Waals surface area contributed by atoms with Gasteiger partial charge in [-0.2, -0.15) is 0 Å². The standard InChI is InChI=1S/C41H70N2O4/c1-3-5-7-9-11-13-15-17-19-35-22-26-37(27-23-35)29-31-41(43,33-45)39(47)38(46)40(42,32-44)30-28-36-24-20-34(21-25-36)18-16-14-12-10-8-6-4-2/h20-27,38-39,44-47H,3-19,28-33,42-43H2,1-2H3. The maximum atomic E-state index is 11.2. The summed E-state index contributed by atoms with van der Waals surface area (Å²) in [6, 6.07) is 16.9. The molecule has 2 aromatic carbocycles. The molecule has 0 radical (unpaired) electrons. The molecule has 0 bridgehead atoms. The molecule has 4 unspecified atom stereocenters. The zero-order valence-corrected chi connectivity index (χ0v) is 30.0. The number of hydrogen-bond donors (Lipinski definition) is 6. The van der Waals surface area contributed by atoms with Crippen LogP contribution in [0.3, 0.4) is 0 Å². The third-order valence-corrected chi connectivity index (χ3v) is 10.3. The molecule has 0 aliphatic heterocycles. The summed E-state index contributed by atoms with van der Waals surface area (Å²) in [6.45, 7) is 3.47. The maximum absolute atomic E-state index is 11.2. The molecule has 0 amide bonds. The number of nitrogens with two attached hydrogens (primary N) is 2. The Bertz CT molecular complexity index is 1050. The first-order valence-electron chi connectivity index (χ1n) is 19.0. The van der Waals surface area contributed by atoms with Gasteiger partial charge in [-0.1, -0.05) is 146 Å². The van der Waals surface area contributed by atoms with Crippen molar-refractivity contribution < 1.29 is 20.4 Å². The summed E-state index contributed by atoms with van der Waals surface area (Å²) in [6.07, 6.45) is 20.2. The van der Waals surface area contributed by atoms with E-state index in [9.17, 15) is 20.4 Å². The van der Waals surface area contributed by atoms with Crippen molar-refractivity contribution in [1.82, 2.24) is 0 Å². The van der Waals surface area contributed by atoms with Gasteiger partial charge in [0.1, 0.15) is 12.2 Å². The van der Waals surface area contributed by atoms with Gasteiger partial charge < -0.3 is 31.9 Å². The largest absolute Gasteiger partial charge is 0.394 e. The Balaban J connectivity index is 1.81. The van der Waals surface area contributed by atoms with Crippen LogP contribution in [0.4, 0.5) is 0 Å². The molecule has 47 heavy (non-hydrogen) atoms. The van der Waals surface area contributed by atoms with Crippen LogP contribution in [0.15, 0.2) is 48.5 Å². The number of unbranched alkanes of at least 4 members (excludes halogenated alkanes) is 13. The molecule has 268 valence electrons. The minimum atomic E-state index is -1.50. The molecule has 0 fully saturated rings. The smallest absolute Gasteiger partial charge is 0.102 e. The van der Waals surface area contributed by atoms with E-state index < -0.39 is 36.5 Å². The summed E-state index contributed by atoms with van der Waals surface area (Å²) < 4.78 is 0. The number of hydrogen-bond acceptors (Lipinski definition) is 6. The molecule has 2 aromatic rings. The first kappa shape index (κ1) is 41.4. The van der Waals surface area contributed by atoms with E-state index in [4.69, 9.17) is 11.5 Å². The second-order valence-electron chi connectivity index (χ2n) is 14.4. The molecular weight excluding hydrogens is 584 g/mol. The van der Waals surface area contributed by atoms with Crippen molar-refractivity contribution in [2.45, 2.75) is 172 Å². The lowest BCUT2D eigenvalue weighted by Crippen LogP contribution is -2.67. The lowest BCUT2D eigenvalue weighted by Gasteiger charge is -2.42. The third-order valence-electron chi connectivity index (χ3n) is 10.3. The Morgan fingerprint density at radius 2 is 0.702 bits per heavy atom. The Hall–Kier alpha value is -1.80. The average Bonchev–Trinajstić information content (AvgIpc) is 3.10. The van der Waals surface area contributed by atoms with Gasteiger partial charge in [0.25, 0.3) is 0 Å². The molecule has 8 N–H and O–H groups in total. The van der Waals surface area contributed by atoms with Gasteiger partial charge in [-0.05, 0) is 73.6 Å². The molecule has 0 spiro atoms. The molecule has 4 atom stereocenters. The Kier molecular flexibility index (Phi) is 20.7. The number of aliphatic hydroxyl groups is 4. The predicted molar refractivity (Wildman–Crippen MR) is 198 cm³/mol. The lowest BCUT2D eigenvalue weighted by atomic mass is 9.76. The highest BCUT2D eigenvalue weighted by molar-refractivity contribution is 5.24. The quantitative estimate of drug-likeness (QED) is 0.0533. The SMILES string of the molecule is CCCCCCCCCCc1ccc(CCC(N)(CO)C(O)C(O)C(N)(CO)CCc2ccc(CCCCCCCCC)cc2)cc1. The monoisotopic (exact) mass is 655 g/mol.